The minimum atomic E-state index is -1.56. The quantitative estimate of drug-likeness (QED) is 0.753. The van der Waals surface area contributed by atoms with Gasteiger partial charge in [0.15, 0.2) is 0 Å². The van der Waals surface area contributed by atoms with E-state index >= 15 is 0 Å². The summed E-state index contributed by atoms with van der Waals surface area (Å²) in [5.41, 5.74) is 0.412. The van der Waals surface area contributed by atoms with Crippen LogP contribution < -0.4 is 9.47 Å². The Balaban J connectivity index is 3.34. The summed E-state index contributed by atoms with van der Waals surface area (Å²) in [6, 6.07) is 5.18. The highest BCUT2D eigenvalue weighted by molar-refractivity contribution is 6.67. The van der Waals surface area contributed by atoms with Gasteiger partial charge in [0.05, 0.1) is 19.8 Å². The molecule has 0 aliphatic carbocycles. The average Bonchev–Trinajstić information content (AvgIpc) is 2.15. The molecule has 0 aromatic heterocycles. The van der Waals surface area contributed by atoms with E-state index < -0.39 is 3.79 Å². The molecule has 78 valence electrons. The molecule has 1 rings (SSSR count). The lowest BCUT2D eigenvalue weighted by molar-refractivity contribution is 0.386. The fourth-order valence-corrected chi connectivity index (χ4v) is 1.69. The molecule has 1 aromatic carbocycles. The maximum Gasteiger partial charge on any atom is 0.223 e. The highest BCUT2D eigenvalue weighted by Gasteiger charge is 2.30. The Labute approximate surface area is 97.7 Å². The van der Waals surface area contributed by atoms with Crippen molar-refractivity contribution in [2.75, 3.05) is 14.2 Å². The van der Waals surface area contributed by atoms with Crippen molar-refractivity contribution in [3.8, 4) is 11.5 Å². The molecule has 0 unspecified atom stereocenters. The van der Waals surface area contributed by atoms with Crippen LogP contribution in [0.2, 0.25) is 0 Å². The first-order valence-corrected chi connectivity index (χ1v) is 4.92. The molecule has 5 heteroatoms. The molecule has 0 saturated carbocycles. The minimum Gasteiger partial charge on any atom is -0.496 e. The molecule has 0 aliphatic rings. The number of ether oxygens (including phenoxy) is 2. The maximum atomic E-state index is 5.80. The van der Waals surface area contributed by atoms with E-state index in [0.29, 0.717) is 17.1 Å². The van der Waals surface area contributed by atoms with Crippen LogP contribution in [0.1, 0.15) is 5.56 Å². The Bertz CT molecular complexity index is 298. The zero-order valence-electron chi connectivity index (χ0n) is 7.68. The summed E-state index contributed by atoms with van der Waals surface area (Å²) in [5, 5.41) is 0. The van der Waals surface area contributed by atoms with E-state index in [1.54, 1.807) is 18.2 Å². The Kier molecular flexibility index (Phi) is 3.76. The lowest BCUT2D eigenvalue weighted by Gasteiger charge is -2.18. The summed E-state index contributed by atoms with van der Waals surface area (Å²) < 4.78 is 8.60. The van der Waals surface area contributed by atoms with Gasteiger partial charge in [-0.15, -0.1) is 0 Å². The van der Waals surface area contributed by atoms with Gasteiger partial charge in [-0.1, -0.05) is 40.9 Å². The number of hydrogen-bond acceptors (Lipinski definition) is 2. The van der Waals surface area contributed by atoms with E-state index in [9.17, 15) is 0 Å². The fraction of sp³-hybridized carbons (Fsp3) is 0.333. The Morgan fingerprint density at radius 2 is 1.43 bits per heavy atom. The second kappa shape index (κ2) is 4.47. The number of rotatable bonds is 2. The molecule has 0 atom stereocenters. The van der Waals surface area contributed by atoms with E-state index in [4.69, 9.17) is 44.3 Å². The van der Waals surface area contributed by atoms with Gasteiger partial charge in [0.1, 0.15) is 11.5 Å². The third-order valence-electron chi connectivity index (χ3n) is 1.71. The smallest absolute Gasteiger partial charge is 0.223 e. The highest BCUT2D eigenvalue weighted by atomic mass is 35.6. The second-order valence-corrected chi connectivity index (χ2v) is 4.82. The molecule has 0 heterocycles. The van der Waals surface area contributed by atoms with E-state index in [-0.39, 0.29) is 0 Å². The summed E-state index contributed by atoms with van der Waals surface area (Å²) in [6.45, 7) is 0. The first-order valence-electron chi connectivity index (χ1n) is 3.79. The molecular formula is C9H9Cl3O2. The summed E-state index contributed by atoms with van der Waals surface area (Å²) in [7, 11) is 3.02. The molecule has 0 N–H and O–H groups in total. The number of hydrogen-bond donors (Lipinski definition) is 0. The van der Waals surface area contributed by atoms with Gasteiger partial charge in [-0.3, -0.25) is 0 Å². The van der Waals surface area contributed by atoms with Crippen LogP contribution >= 0.6 is 34.8 Å². The van der Waals surface area contributed by atoms with Gasteiger partial charge >= 0.3 is 0 Å². The first-order chi connectivity index (χ1) is 6.50. The Hall–Kier alpha value is -0.310. The highest BCUT2D eigenvalue weighted by Crippen LogP contribution is 2.47. The van der Waals surface area contributed by atoms with Crippen molar-refractivity contribution in [3.63, 3.8) is 0 Å². The van der Waals surface area contributed by atoms with Crippen LogP contribution in [-0.4, -0.2) is 14.2 Å². The monoisotopic (exact) mass is 254 g/mol. The van der Waals surface area contributed by atoms with E-state index in [1.807, 2.05) is 0 Å². The topological polar surface area (TPSA) is 18.5 Å². The van der Waals surface area contributed by atoms with Crippen LogP contribution in [0.3, 0.4) is 0 Å². The Morgan fingerprint density at radius 1 is 1.00 bits per heavy atom. The van der Waals surface area contributed by atoms with Crippen molar-refractivity contribution in [1.82, 2.24) is 0 Å². The lowest BCUT2D eigenvalue weighted by atomic mass is 10.2. The zero-order chi connectivity index (χ0) is 10.8. The van der Waals surface area contributed by atoms with Gasteiger partial charge < -0.3 is 9.47 Å². The van der Waals surface area contributed by atoms with Crippen molar-refractivity contribution >= 4 is 34.8 Å². The number of benzene rings is 1. The van der Waals surface area contributed by atoms with Crippen LogP contribution in [0.25, 0.3) is 0 Å². The van der Waals surface area contributed by atoms with Crippen LogP contribution in [0.5, 0.6) is 11.5 Å². The van der Waals surface area contributed by atoms with Crippen LogP contribution in [0.15, 0.2) is 18.2 Å². The van der Waals surface area contributed by atoms with Crippen LogP contribution in [-0.2, 0) is 3.79 Å². The van der Waals surface area contributed by atoms with Gasteiger partial charge in [0.2, 0.25) is 3.79 Å². The standard InChI is InChI=1S/C9H9Cl3O2/c1-13-6-4-3-5-7(14-2)8(6)9(10,11)12/h3-5H,1-2H3. The summed E-state index contributed by atoms with van der Waals surface area (Å²) in [6.07, 6.45) is 0. The maximum absolute atomic E-state index is 5.80. The molecule has 0 fully saturated rings. The Morgan fingerprint density at radius 3 is 1.71 bits per heavy atom. The van der Waals surface area contributed by atoms with Crippen molar-refractivity contribution < 1.29 is 9.47 Å². The molecule has 0 saturated heterocycles. The van der Waals surface area contributed by atoms with Gasteiger partial charge in [-0.2, -0.15) is 0 Å². The van der Waals surface area contributed by atoms with Gasteiger partial charge in [-0.05, 0) is 12.1 Å². The molecule has 0 radical (unpaired) electrons. The van der Waals surface area contributed by atoms with Crippen LogP contribution in [0.4, 0.5) is 0 Å². The molecule has 0 aliphatic heterocycles. The molecule has 14 heavy (non-hydrogen) atoms. The predicted octanol–water partition coefficient (Wildman–Crippen LogP) is 3.53. The lowest BCUT2D eigenvalue weighted by Crippen LogP contribution is -2.06. The normalized spacial score (nSPS) is 11.2. The molecule has 0 bridgehead atoms. The number of alkyl halides is 3. The predicted molar refractivity (Wildman–Crippen MR) is 58.8 cm³/mol. The first kappa shape index (κ1) is 11.8. The number of methoxy groups -OCH3 is 2. The van der Waals surface area contributed by atoms with Crippen LogP contribution in [0, 0.1) is 0 Å². The van der Waals surface area contributed by atoms with Crippen molar-refractivity contribution in [2.45, 2.75) is 3.79 Å². The van der Waals surface area contributed by atoms with Gasteiger partial charge in [0, 0.05) is 0 Å². The molecule has 1 aromatic rings. The zero-order valence-corrected chi connectivity index (χ0v) is 9.95. The SMILES string of the molecule is COc1cccc(OC)c1C(Cl)(Cl)Cl. The molecule has 2 nitrogen and oxygen atoms in total. The largest absolute Gasteiger partial charge is 0.496 e. The van der Waals surface area contributed by atoms with Gasteiger partial charge in [-0.25, -0.2) is 0 Å². The van der Waals surface area contributed by atoms with E-state index in [1.165, 1.54) is 14.2 Å². The van der Waals surface area contributed by atoms with Crippen molar-refractivity contribution in [3.05, 3.63) is 23.8 Å². The number of halogens is 3. The molecular weight excluding hydrogens is 246 g/mol. The third kappa shape index (κ3) is 2.38. The molecule has 0 amide bonds. The summed E-state index contributed by atoms with van der Waals surface area (Å²) in [4.78, 5) is 0. The average molecular weight is 256 g/mol. The van der Waals surface area contributed by atoms with E-state index in [2.05, 4.69) is 0 Å². The van der Waals surface area contributed by atoms with Crippen molar-refractivity contribution in [1.29, 1.82) is 0 Å². The minimum absolute atomic E-state index is 0.412. The van der Waals surface area contributed by atoms with Gasteiger partial charge in [0.25, 0.3) is 0 Å². The van der Waals surface area contributed by atoms with Crippen molar-refractivity contribution in [2.24, 2.45) is 0 Å². The third-order valence-corrected chi connectivity index (χ3v) is 2.28. The summed E-state index contributed by atoms with van der Waals surface area (Å²) >= 11 is 17.4. The fourth-order valence-electron chi connectivity index (χ4n) is 1.13. The summed E-state index contributed by atoms with van der Waals surface area (Å²) in [5.74, 6) is 0.980. The van der Waals surface area contributed by atoms with E-state index in [0.717, 1.165) is 0 Å². The second-order valence-electron chi connectivity index (χ2n) is 2.54. The molecule has 0 spiro atoms.